The van der Waals surface area contributed by atoms with Crippen LogP contribution < -0.4 is 5.43 Å². The van der Waals surface area contributed by atoms with Crippen molar-refractivity contribution in [2.45, 2.75) is 0 Å². The van der Waals surface area contributed by atoms with Gasteiger partial charge in [0.25, 0.3) is 0 Å². The first kappa shape index (κ1) is 18.2. The number of carboxylic acid groups (broad SMARTS) is 1. The van der Waals surface area contributed by atoms with Crippen molar-refractivity contribution in [1.29, 1.82) is 0 Å². The highest BCUT2D eigenvalue weighted by atomic mass is 16.4. The van der Waals surface area contributed by atoms with Gasteiger partial charge in [0.2, 0.25) is 0 Å². The molecule has 3 aromatic carbocycles. The zero-order chi connectivity index (χ0) is 20.1. The van der Waals surface area contributed by atoms with Gasteiger partial charge in [0.05, 0.1) is 23.2 Å². The maximum Gasteiger partial charge on any atom is 0.337 e. The zero-order valence-electron chi connectivity index (χ0n) is 15.4. The molecule has 4 rings (SSSR count). The van der Waals surface area contributed by atoms with Crippen molar-refractivity contribution in [3.05, 3.63) is 102 Å². The highest BCUT2D eigenvalue weighted by Gasteiger charge is 2.11. The van der Waals surface area contributed by atoms with Gasteiger partial charge in [-0.05, 0) is 24.3 Å². The maximum absolute atomic E-state index is 11.3. The molecule has 1 aromatic heterocycles. The molecule has 4 aromatic rings. The third kappa shape index (κ3) is 4.06. The standard InChI is InChI=1S/C23H18N4O2/c28-23(29)20-13-7-8-14-21(20)25-24-15-18-16-27(19-11-5-2-6-12-19)26-22(18)17-9-3-1-4-10-17/h1-16,25H,(H,28,29)/b24-15-. The number of nitrogens with zero attached hydrogens (tertiary/aromatic N) is 3. The fraction of sp³-hybridized carbons (Fsp3) is 0. The molecule has 0 radical (unpaired) electrons. The van der Waals surface area contributed by atoms with Crippen LogP contribution in [0.3, 0.4) is 0 Å². The molecular formula is C23H18N4O2. The van der Waals surface area contributed by atoms with Gasteiger partial charge < -0.3 is 5.11 Å². The molecule has 0 fully saturated rings. The second-order valence-corrected chi connectivity index (χ2v) is 6.30. The molecule has 0 saturated carbocycles. The largest absolute Gasteiger partial charge is 0.478 e. The Balaban J connectivity index is 1.68. The SMILES string of the molecule is O=C(O)c1ccccc1N/N=C\c1cn(-c2ccccc2)nc1-c1ccccc1. The van der Waals surface area contributed by atoms with E-state index in [1.807, 2.05) is 66.9 Å². The smallest absolute Gasteiger partial charge is 0.337 e. The summed E-state index contributed by atoms with van der Waals surface area (Å²) in [4.78, 5) is 11.3. The first-order chi connectivity index (χ1) is 14.2. The minimum Gasteiger partial charge on any atom is -0.478 e. The van der Waals surface area contributed by atoms with Gasteiger partial charge in [-0.25, -0.2) is 9.48 Å². The van der Waals surface area contributed by atoms with Crippen LogP contribution in [0.25, 0.3) is 16.9 Å². The first-order valence-corrected chi connectivity index (χ1v) is 9.04. The van der Waals surface area contributed by atoms with Crippen molar-refractivity contribution in [3.8, 4) is 16.9 Å². The maximum atomic E-state index is 11.3. The third-order valence-corrected chi connectivity index (χ3v) is 4.36. The normalized spacial score (nSPS) is 10.9. The molecule has 0 unspecified atom stereocenters. The van der Waals surface area contributed by atoms with E-state index >= 15 is 0 Å². The lowest BCUT2D eigenvalue weighted by Gasteiger charge is -2.04. The molecule has 2 N–H and O–H groups in total. The minimum atomic E-state index is -1.01. The summed E-state index contributed by atoms with van der Waals surface area (Å²) in [6.07, 6.45) is 3.54. The molecule has 0 aliphatic heterocycles. The Morgan fingerprint density at radius 3 is 2.31 bits per heavy atom. The molecule has 0 aliphatic rings. The Kier molecular flexibility index (Phi) is 5.16. The number of carbonyl (C=O) groups is 1. The van der Waals surface area contributed by atoms with Crippen LogP contribution in [-0.2, 0) is 0 Å². The van der Waals surface area contributed by atoms with Gasteiger partial charge in [-0.1, -0.05) is 60.7 Å². The predicted octanol–water partition coefficient (Wildman–Crippen LogP) is 4.68. The van der Waals surface area contributed by atoms with Gasteiger partial charge in [-0.3, -0.25) is 5.43 Å². The highest BCUT2D eigenvalue weighted by molar-refractivity contribution is 5.94. The van der Waals surface area contributed by atoms with Crippen LogP contribution in [0.15, 0.2) is 96.2 Å². The predicted molar refractivity (Wildman–Crippen MR) is 114 cm³/mol. The fourth-order valence-corrected chi connectivity index (χ4v) is 2.95. The molecule has 6 heteroatoms. The van der Waals surface area contributed by atoms with E-state index in [9.17, 15) is 9.90 Å². The third-order valence-electron chi connectivity index (χ3n) is 4.36. The van der Waals surface area contributed by atoms with Crippen molar-refractivity contribution >= 4 is 17.9 Å². The van der Waals surface area contributed by atoms with Crippen molar-refractivity contribution < 1.29 is 9.90 Å². The Labute approximate surface area is 167 Å². The lowest BCUT2D eigenvalue weighted by Crippen LogP contribution is -2.02. The van der Waals surface area contributed by atoms with Crippen LogP contribution in [0.1, 0.15) is 15.9 Å². The summed E-state index contributed by atoms with van der Waals surface area (Å²) in [7, 11) is 0. The van der Waals surface area contributed by atoms with Gasteiger partial charge in [-0.2, -0.15) is 10.2 Å². The molecule has 0 amide bonds. The number of para-hydroxylation sites is 2. The molecule has 0 atom stereocenters. The van der Waals surface area contributed by atoms with Gasteiger partial charge >= 0.3 is 5.97 Å². The van der Waals surface area contributed by atoms with Gasteiger partial charge in [0.1, 0.15) is 5.69 Å². The van der Waals surface area contributed by atoms with E-state index in [4.69, 9.17) is 5.10 Å². The number of hydrogen-bond acceptors (Lipinski definition) is 4. The van der Waals surface area contributed by atoms with Crippen LogP contribution in [0.2, 0.25) is 0 Å². The van der Waals surface area contributed by atoms with Crippen molar-refractivity contribution in [1.82, 2.24) is 9.78 Å². The number of carboxylic acids is 1. The fourth-order valence-electron chi connectivity index (χ4n) is 2.95. The lowest BCUT2D eigenvalue weighted by atomic mass is 10.1. The minimum absolute atomic E-state index is 0.160. The number of aromatic carboxylic acids is 1. The molecule has 29 heavy (non-hydrogen) atoms. The summed E-state index contributed by atoms with van der Waals surface area (Å²) >= 11 is 0. The van der Waals surface area contributed by atoms with Crippen LogP contribution in [0, 0.1) is 0 Å². The Morgan fingerprint density at radius 1 is 0.931 bits per heavy atom. The zero-order valence-corrected chi connectivity index (χ0v) is 15.4. The van der Waals surface area contributed by atoms with Crippen molar-refractivity contribution in [3.63, 3.8) is 0 Å². The monoisotopic (exact) mass is 382 g/mol. The second kappa shape index (κ2) is 8.22. The molecule has 0 bridgehead atoms. The lowest BCUT2D eigenvalue weighted by molar-refractivity contribution is 0.0698. The number of anilines is 1. The molecule has 6 nitrogen and oxygen atoms in total. The summed E-state index contributed by atoms with van der Waals surface area (Å²) in [6, 6.07) is 26.3. The van der Waals surface area contributed by atoms with Gasteiger partial charge in [-0.15, -0.1) is 0 Å². The van der Waals surface area contributed by atoms with E-state index < -0.39 is 5.97 Å². The average molecular weight is 382 g/mol. The number of aromatic nitrogens is 2. The summed E-state index contributed by atoms with van der Waals surface area (Å²) in [6.45, 7) is 0. The second-order valence-electron chi connectivity index (χ2n) is 6.30. The van der Waals surface area contributed by atoms with Crippen LogP contribution in [0.5, 0.6) is 0 Å². The number of hydrogen-bond donors (Lipinski definition) is 2. The topological polar surface area (TPSA) is 79.5 Å². The number of rotatable bonds is 6. The van der Waals surface area contributed by atoms with E-state index in [1.165, 1.54) is 6.07 Å². The van der Waals surface area contributed by atoms with Gasteiger partial charge in [0, 0.05) is 17.3 Å². The number of benzene rings is 3. The quantitative estimate of drug-likeness (QED) is 0.375. The molecule has 1 heterocycles. The summed E-state index contributed by atoms with van der Waals surface area (Å²) in [5, 5.41) is 18.3. The van der Waals surface area contributed by atoms with E-state index in [-0.39, 0.29) is 5.56 Å². The summed E-state index contributed by atoms with van der Waals surface area (Å²) in [5.74, 6) is -1.01. The molecule has 0 aliphatic carbocycles. The van der Waals surface area contributed by atoms with E-state index in [0.717, 1.165) is 22.5 Å². The van der Waals surface area contributed by atoms with Crippen LogP contribution in [0.4, 0.5) is 5.69 Å². The Bertz CT molecular complexity index is 1150. The molecule has 142 valence electrons. The van der Waals surface area contributed by atoms with Crippen LogP contribution >= 0.6 is 0 Å². The molecule has 0 spiro atoms. The van der Waals surface area contributed by atoms with Crippen LogP contribution in [-0.4, -0.2) is 27.1 Å². The van der Waals surface area contributed by atoms with E-state index in [2.05, 4.69) is 10.5 Å². The Hall–Kier alpha value is -4.19. The highest BCUT2D eigenvalue weighted by Crippen LogP contribution is 2.22. The Morgan fingerprint density at radius 2 is 1.59 bits per heavy atom. The van der Waals surface area contributed by atoms with Crippen molar-refractivity contribution in [2.24, 2.45) is 5.10 Å². The molecule has 0 saturated heterocycles. The van der Waals surface area contributed by atoms with E-state index in [0.29, 0.717) is 5.69 Å². The summed E-state index contributed by atoms with van der Waals surface area (Å²) < 4.78 is 1.80. The first-order valence-electron chi connectivity index (χ1n) is 9.04. The molecular weight excluding hydrogens is 364 g/mol. The summed E-state index contributed by atoms with van der Waals surface area (Å²) in [5.41, 5.74) is 6.90. The average Bonchev–Trinajstić information content (AvgIpc) is 3.19. The number of nitrogens with one attached hydrogen (secondary N) is 1. The van der Waals surface area contributed by atoms with Gasteiger partial charge in [0.15, 0.2) is 0 Å². The van der Waals surface area contributed by atoms with E-state index in [1.54, 1.807) is 29.1 Å². The van der Waals surface area contributed by atoms with Crippen molar-refractivity contribution in [2.75, 3.05) is 5.43 Å². The number of hydrazone groups is 1.